The van der Waals surface area contributed by atoms with Crippen LogP contribution in [0.2, 0.25) is 0 Å². The molecule has 0 amide bonds. The summed E-state index contributed by atoms with van der Waals surface area (Å²) in [6, 6.07) is 0. The molecule has 0 saturated carbocycles. The fourth-order valence-corrected chi connectivity index (χ4v) is 5.66. The number of unbranched alkanes of at least 4 members (excludes halogenated alkanes) is 10. The minimum atomic E-state index is -0.552. The summed E-state index contributed by atoms with van der Waals surface area (Å²) >= 11 is 1.19. The average molecular weight is 539 g/mol. The molecule has 2 atom stereocenters. The van der Waals surface area contributed by atoms with Crippen molar-refractivity contribution in [2.24, 2.45) is 5.92 Å². The predicted molar refractivity (Wildman–Crippen MR) is 152 cm³/mol. The molecule has 1 aromatic heterocycles. The first-order valence-corrected chi connectivity index (χ1v) is 15.5. The summed E-state index contributed by atoms with van der Waals surface area (Å²) in [6.45, 7) is 11.4. The molecule has 0 bridgehead atoms. The van der Waals surface area contributed by atoms with Crippen molar-refractivity contribution in [1.82, 2.24) is 8.75 Å². The summed E-state index contributed by atoms with van der Waals surface area (Å²) < 4.78 is 27.0. The Morgan fingerprint density at radius 3 is 2.24 bits per heavy atom. The summed E-state index contributed by atoms with van der Waals surface area (Å²) in [4.78, 5) is 12.6. The van der Waals surface area contributed by atoms with Gasteiger partial charge in [0.1, 0.15) is 12.2 Å². The van der Waals surface area contributed by atoms with Gasteiger partial charge in [0.2, 0.25) is 6.23 Å². The second-order valence-corrected chi connectivity index (χ2v) is 11.6. The SMILES string of the molecule is CCCCCCCCCCOC(=O)OC(C(C)C)[N+]1(C)CCC=C(c2nsnc2OCCCCCC)C1. The molecule has 1 aromatic rings. The lowest BCUT2D eigenvalue weighted by Crippen LogP contribution is -2.58. The molecular weight excluding hydrogens is 486 g/mol. The summed E-state index contributed by atoms with van der Waals surface area (Å²) in [5.41, 5.74) is 1.96. The number of quaternary nitrogens is 1. The maximum atomic E-state index is 12.6. The molecule has 7 nitrogen and oxygen atoms in total. The van der Waals surface area contributed by atoms with Crippen LogP contribution in [0.5, 0.6) is 5.88 Å². The molecule has 0 aromatic carbocycles. The molecule has 8 heteroatoms. The molecule has 0 N–H and O–H groups in total. The number of carbonyl (C=O) groups excluding carboxylic acids is 1. The molecule has 1 aliphatic heterocycles. The van der Waals surface area contributed by atoms with Gasteiger partial charge in [0, 0.05) is 17.9 Å². The molecule has 1 aliphatic rings. The third kappa shape index (κ3) is 11.3. The number of ether oxygens (including phenoxy) is 3. The Morgan fingerprint density at radius 1 is 0.946 bits per heavy atom. The maximum absolute atomic E-state index is 12.6. The van der Waals surface area contributed by atoms with Crippen LogP contribution in [0, 0.1) is 5.92 Å². The first-order chi connectivity index (χ1) is 17.9. The van der Waals surface area contributed by atoms with Gasteiger partial charge in [-0.05, 0) is 12.8 Å². The van der Waals surface area contributed by atoms with Crippen LogP contribution in [-0.2, 0) is 9.47 Å². The van der Waals surface area contributed by atoms with Gasteiger partial charge in [-0.1, -0.05) is 98.0 Å². The number of rotatable bonds is 19. The van der Waals surface area contributed by atoms with E-state index in [1.54, 1.807) is 0 Å². The van der Waals surface area contributed by atoms with E-state index in [0.717, 1.165) is 43.5 Å². The summed E-state index contributed by atoms with van der Waals surface area (Å²) in [5.74, 6) is 0.788. The molecule has 37 heavy (non-hydrogen) atoms. The number of likely N-dealkylation sites (N-methyl/N-ethyl adjacent to an activating group) is 1. The molecule has 2 unspecified atom stereocenters. The number of hydrogen-bond acceptors (Lipinski definition) is 7. The third-order valence-electron chi connectivity index (χ3n) is 7.18. The molecule has 0 aliphatic carbocycles. The summed E-state index contributed by atoms with van der Waals surface area (Å²) in [5, 5.41) is 0. The van der Waals surface area contributed by atoms with Crippen LogP contribution < -0.4 is 4.74 Å². The van der Waals surface area contributed by atoms with Gasteiger partial charge in [-0.25, -0.2) is 4.79 Å². The standard InChI is InChI=1S/C29H52N3O4S/c1-6-8-10-12-13-14-15-17-22-35-29(33)36-28(24(3)4)32(5)20-18-19-25(23-32)26-27(31-37-30-26)34-21-16-11-9-7-2/h19,24,28H,6-18,20-23H2,1-5H3/q+1. The Balaban J connectivity index is 1.84. The average Bonchev–Trinajstić information content (AvgIpc) is 3.34. The Bertz CT molecular complexity index is 798. The highest BCUT2D eigenvalue weighted by atomic mass is 32.1. The minimum absolute atomic E-state index is 0.155. The van der Waals surface area contributed by atoms with Gasteiger partial charge in [0.05, 0.1) is 38.5 Å². The van der Waals surface area contributed by atoms with Crippen LogP contribution in [-0.4, -0.2) is 59.0 Å². The monoisotopic (exact) mass is 538 g/mol. The van der Waals surface area contributed by atoms with Crippen molar-refractivity contribution in [2.45, 2.75) is 117 Å². The van der Waals surface area contributed by atoms with Crippen molar-refractivity contribution >= 4 is 23.5 Å². The van der Waals surface area contributed by atoms with Crippen LogP contribution in [0.3, 0.4) is 0 Å². The van der Waals surface area contributed by atoms with Crippen LogP contribution in [0.25, 0.3) is 5.57 Å². The van der Waals surface area contributed by atoms with Crippen LogP contribution in [0.4, 0.5) is 4.79 Å². The Labute approximate surface area is 229 Å². The molecule has 0 radical (unpaired) electrons. The van der Waals surface area contributed by atoms with E-state index >= 15 is 0 Å². The fourth-order valence-electron chi connectivity index (χ4n) is 5.13. The number of carbonyl (C=O) groups is 1. The number of aromatic nitrogens is 2. The van der Waals surface area contributed by atoms with Crippen LogP contribution in [0.1, 0.15) is 117 Å². The third-order valence-corrected chi connectivity index (χ3v) is 7.69. The molecule has 212 valence electrons. The van der Waals surface area contributed by atoms with Crippen LogP contribution in [0.15, 0.2) is 6.08 Å². The van der Waals surface area contributed by atoms with Gasteiger partial charge in [0.25, 0.3) is 5.88 Å². The molecular formula is C29H52N3O4S+. The minimum Gasteiger partial charge on any atom is -0.475 e. The topological polar surface area (TPSA) is 70.5 Å². The van der Waals surface area contributed by atoms with Gasteiger partial charge in [-0.3, -0.25) is 4.48 Å². The lowest BCUT2D eigenvalue weighted by atomic mass is 10.0. The van der Waals surface area contributed by atoms with E-state index in [-0.39, 0.29) is 12.1 Å². The van der Waals surface area contributed by atoms with Crippen molar-refractivity contribution in [3.8, 4) is 5.88 Å². The first kappa shape index (κ1) is 31.5. The zero-order chi connectivity index (χ0) is 26.9. The number of hydrogen-bond donors (Lipinski definition) is 0. The highest BCUT2D eigenvalue weighted by molar-refractivity contribution is 6.99. The second-order valence-electron chi connectivity index (χ2n) is 11.0. The maximum Gasteiger partial charge on any atom is 0.512 e. The van der Waals surface area contributed by atoms with E-state index in [1.807, 2.05) is 0 Å². The Kier molecular flexibility index (Phi) is 15.1. The largest absolute Gasteiger partial charge is 0.512 e. The van der Waals surface area contributed by atoms with Gasteiger partial charge in [-0.15, -0.1) is 4.37 Å². The van der Waals surface area contributed by atoms with E-state index in [1.165, 1.54) is 69.5 Å². The van der Waals surface area contributed by atoms with Gasteiger partial charge >= 0.3 is 6.16 Å². The van der Waals surface area contributed by atoms with Crippen molar-refractivity contribution in [2.75, 3.05) is 33.4 Å². The molecule has 0 saturated heterocycles. The molecule has 2 rings (SSSR count). The lowest BCUT2D eigenvalue weighted by molar-refractivity contribution is -0.950. The van der Waals surface area contributed by atoms with E-state index in [2.05, 4.69) is 49.6 Å². The number of nitrogens with zero attached hydrogens (tertiary/aromatic N) is 3. The predicted octanol–water partition coefficient (Wildman–Crippen LogP) is 8.01. The quantitative estimate of drug-likeness (QED) is 0.101. The fraction of sp³-hybridized carbons (Fsp3) is 0.828. The highest BCUT2D eigenvalue weighted by Gasteiger charge is 2.41. The van der Waals surface area contributed by atoms with Gasteiger partial charge in [-0.2, -0.15) is 4.37 Å². The van der Waals surface area contributed by atoms with E-state index in [9.17, 15) is 4.79 Å². The summed E-state index contributed by atoms with van der Waals surface area (Å²) in [6.07, 6.45) is 16.6. The highest BCUT2D eigenvalue weighted by Crippen LogP contribution is 2.33. The normalized spacial score (nSPS) is 18.5. The second kappa shape index (κ2) is 17.8. The Hall–Kier alpha value is -1.67. The van der Waals surface area contributed by atoms with E-state index in [4.69, 9.17) is 14.2 Å². The molecule has 0 fully saturated rings. The van der Waals surface area contributed by atoms with Gasteiger partial charge < -0.3 is 14.2 Å². The first-order valence-electron chi connectivity index (χ1n) is 14.7. The lowest BCUT2D eigenvalue weighted by Gasteiger charge is -2.44. The molecule has 2 heterocycles. The zero-order valence-electron chi connectivity index (χ0n) is 24.1. The summed E-state index contributed by atoms with van der Waals surface area (Å²) in [7, 11) is 2.16. The van der Waals surface area contributed by atoms with Crippen molar-refractivity contribution in [3.05, 3.63) is 11.8 Å². The van der Waals surface area contributed by atoms with Crippen molar-refractivity contribution in [1.29, 1.82) is 0 Å². The van der Waals surface area contributed by atoms with E-state index in [0.29, 0.717) is 30.1 Å². The molecule has 0 spiro atoms. The smallest absolute Gasteiger partial charge is 0.475 e. The zero-order valence-corrected chi connectivity index (χ0v) is 25.0. The van der Waals surface area contributed by atoms with E-state index < -0.39 is 6.16 Å². The van der Waals surface area contributed by atoms with Gasteiger partial charge in [0.15, 0.2) is 0 Å². The van der Waals surface area contributed by atoms with Crippen molar-refractivity contribution in [3.63, 3.8) is 0 Å². The van der Waals surface area contributed by atoms with Crippen molar-refractivity contribution < 1.29 is 23.5 Å². The Morgan fingerprint density at radius 2 is 1.57 bits per heavy atom. The van der Waals surface area contributed by atoms with Crippen LogP contribution >= 0.6 is 11.7 Å².